The van der Waals surface area contributed by atoms with Crippen LogP contribution in [0.3, 0.4) is 0 Å². The summed E-state index contributed by atoms with van der Waals surface area (Å²) < 4.78 is 6.51. The van der Waals surface area contributed by atoms with Crippen molar-refractivity contribution >= 4 is 27.5 Å². The van der Waals surface area contributed by atoms with Crippen molar-refractivity contribution in [2.75, 3.05) is 5.43 Å². The zero-order chi connectivity index (χ0) is 18.3. The smallest absolute Gasteiger partial charge is 0.281 e. The molecular weight excluding hydrogens is 350 g/mol. The van der Waals surface area contributed by atoms with E-state index in [9.17, 15) is 9.59 Å². The molecule has 0 aliphatic carbocycles. The monoisotopic (exact) mass is 365 g/mol. The SMILES string of the molecule is Cc1ccc(C(=O)Nn2cnc3scc(-c4ccco4)c3c2=O)cc1C. The Hall–Kier alpha value is -3.19. The Morgan fingerprint density at radius 3 is 2.81 bits per heavy atom. The zero-order valence-corrected chi connectivity index (χ0v) is 15.0. The first-order valence-electron chi connectivity index (χ1n) is 7.96. The minimum absolute atomic E-state index is 0.347. The number of aromatic nitrogens is 2. The quantitative estimate of drug-likeness (QED) is 0.600. The molecule has 0 saturated heterocycles. The summed E-state index contributed by atoms with van der Waals surface area (Å²) in [6, 6.07) is 8.94. The van der Waals surface area contributed by atoms with E-state index in [1.165, 1.54) is 17.7 Å². The first kappa shape index (κ1) is 16.3. The number of rotatable bonds is 3. The van der Waals surface area contributed by atoms with Crippen LogP contribution in [0.1, 0.15) is 21.5 Å². The predicted molar refractivity (Wildman–Crippen MR) is 101 cm³/mol. The molecule has 0 fully saturated rings. The van der Waals surface area contributed by atoms with Crippen molar-refractivity contribution in [1.29, 1.82) is 0 Å². The fourth-order valence-corrected chi connectivity index (χ4v) is 3.57. The van der Waals surface area contributed by atoms with E-state index in [2.05, 4.69) is 10.4 Å². The van der Waals surface area contributed by atoms with Gasteiger partial charge >= 0.3 is 0 Å². The fourth-order valence-electron chi connectivity index (χ4n) is 2.68. The van der Waals surface area contributed by atoms with Crippen LogP contribution in [-0.4, -0.2) is 15.6 Å². The highest BCUT2D eigenvalue weighted by Gasteiger charge is 2.16. The molecule has 0 aliphatic heterocycles. The zero-order valence-electron chi connectivity index (χ0n) is 14.1. The van der Waals surface area contributed by atoms with Gasteiger partial charge in [-0.25, -0.2) is 9.66 Å². The third-order valence-corrected chi connectivity index (χ3v) is 5.16. The van der Waals surface area contributed by atoms with Crippen LogP contribution >= 0.6 is 11.3 Å². The van der Waals surface area contributed by atoms with E-state index in [1.807, 2.05) is 25.3 Å². The van der Waals surface area contributed by atoms with Crippen molar-refractivity contribution in [3.63, 3.8) is 0 Å². The van der Waals surface area contributed by atoms with Gasteiger partial charge in [0.25, 0.3) is 11.5 Å². The van der Waals surface area contributed by atoms with Gasteiger partial charge in [-0.1, -0.05) is 6.07 Å². The lowest BCUT2D eigenvalue weighted by Gasteiger charge is -2.09. The molecule has 0 aliphatic rings. The van der Waals surface area contributed by atoms with E-state index in [4.69, 9.17) is 4.42 Å². The Labute approximate surface area is 152 Å². The molecule has 6 nitrogen and oxygen atoms in total. The number of thiophene rings is 1. The maximum Gasteiger partial charge on any atom is 0.281 e. The maximum atomic E-state index is 12.9. The molecule has 0 radical (unpaired) electrons. The van der Waals surface area contributed by atoms with Crippen molar-refractivity contribution < 1.29 is 9.21 Å². The first-order chi connectivity index (χ1) is 12.5. The number of aryl methyl sites for hydroxylation is 2. The second-order valence-electron chi connectivity index (χ2n) is 5.97. The van der Waals surface area contributed by atoms with Crippen LogP contribution in [0.15, 0.2) is 57.5 Å². The molecule has 4 rings (SSSR count). The lowest BCUT2D eigenvalue weighted by atomic mass is 10.1. The van der Waals surface area contributed by atoms with Gasteiger partial charge in [0.15, 0.2) is 0 Å². The molecule has 26 heavy (non-hydrogen) atoms. The van der Waals surface area contributed by atoms with E-state index >= 15 is 0 Å². The molecule has 7 heteroatoms. The van der Waals surface area contributed by atoms with E-state index in [1.54, 1.807) is 30.5 Å². The summed E-state index contributed by atoms with van der Waals surface area (Å²) in [6.07, 6.45) is 2.88. The first-order valence-corrected chi connectivity index (χ1v) is 8.84. The third kappa shape index (κ3) is 2.72. The van der Waals surface area contributed by atoms with Crippen LogP contribution in [0.5, 0.6) is 0 Å². The largest absolute Gasteiger partial charge is 0.464 e. The number of fused-ring (bicyclic) bond motifs is 1. The molecular formula is C19H15N3O3S. The van der Waals surface area contributed by atoms with E-state index < -0.39 is 0 Å². The van der Waals surface area contributed by atoms with Gasteiger partial charge < -0.3 is 4.42 Å². The van der Waals surface area contributed by atoms with Crippen molar-refractivity contribution in [2.45, 2.75) is 13.8 Å². The standard InChI is InChI=1S/C19H15N3O3S/c1-11-5-6-13(8-12(11)2)17(23)21-22-10-20-18-16(19(22)24)14(9-26-18)15-4-3-7-25-15/h3-10H,1-2H3,(H,21,23). The average molecular weight is 365 g/mol. The van der Waals surface area contributed by atoms with Gasteiger partial charge in [0.05, 0.1) is 11.6 Å². The number of amides is 1. The number of hydrogen-bond donors (Lipinski definition) is 1. The van der Waals surface area contributed by atoms with E-state index in [0.717, 1.165) is 15.8 Å². The number of carbonyl (C=O) groups excluding carboxylic acids is 1. The highest BCUT2D eigenvalue weighted by atomic mass is 32.1. The van der Waals surface area contributed by atoms with Gasteiger partial charge in [0, 0.05) is 16.5 Å². The van der Waals surface area contributed by atoms with Gasteiger partial charge in [-0.05, 0) is 49.2 Å². The highest BCUT2D eigenvalue weighted by molar-refractivity contribution is 7.17. The number of carbonyl (C=O) groups is 1. The molecule has 0 unspecified atom stereocenters. The molecule has 1 amide bonds. The molecule has 0 bridgehead atoms. The number of benzene rings is 1. The normalized spacial score (nSPS) is 11.0. The lowest BCUT2D eigenvalue weighted by molar-refractivity contribution is 0.101. The average Bonchev–Trinajstić information content (AvgIpc) is 3.29. The second-order valence-corrected chi connectivity index (χ2v) is 6.82. The van der Waals surface area contributed by atoms with Gasteiger partial charge in [0.2, 0.25) is 0 Å². The van der Waals surface area contributed by atoms with Crippen molar-refractivity contribution in [1.82, 2.24) is 9.66 Å². The maximum absolute atomic E-state index is 12.9. The van der Waals surface area contributed by atoms with Crippen molar-refractivity contribution in [2.24, 2.45) is 0 Å². The van der Waals surface area contributed by atoms with Crippen LogP contribution in [0, 0.1) is 13.8 Å². The molecule has 0 spiro atoms. The van der Waals surface area contributed by atoms with Crippen molar-refractivity contribution in [3.8, 4) is 11.3 Å². The molecule has 0 saturated carbocycles. The number of hydrogen-bond acceptors (Lipinski definition) is 5. The summed E-state index contributed by atoms with van der Waals surface area (Å²) in [5.41, 5.74) is 5.52. The van der Waals surface area contributed by atoms with E-state index in [-0.39, 0.29) is 11.5 Å². The summed E-state index contributed by atoms with van der Waals surface area (Å²) in [4.78, 5) is 30.2. The molecule has 4 aromatic rings. The van der Waals surface area contributed by atoms with Gasteiger partial charge in [-0.3, -0.25) is 15.0 Å². The molecule has 0 atom stereocenters. The Bertz CT molecular complexity index is 1170. The topological polar surface area (TPSA) is 77.1 Å². The molecule has 3 heterocycles. The number of nitrogens with one attached hydrogen (secondary N) is 1. The minimum Gasteiger partial charge on any atom is -0.464 e. The predicted octanol–water partition coefficient (Wildman–Crippen LogP) is 3.72. The van der Waals surface area contributed by atoms with Crippen LogP contribution in [0.25, 0.3) is 21.5 Å². The minimum atomic E-state index is -0.369. The van der Waals surface area contributed by atoms with Crippen LogP contribution in [0.4, 0.5) is 0 Å². The molecule has 1 N–H and O–H groups in total. The Morgan fingerprint density at radius 1 is 1.23 bits per heavy atom. The van der Waals surface area contributed by atoms with Crippen LogP contribution in [0.2, 0.25) is 0 Å². The van der Waals surface area contributed by atoms with Crippen LogP contribution < -0.4 is 11.0 Å². The third-order valence-electron chi connectivity index (χ3n) is 4.27. The lowest BCUT2D eigenvalue weighted by Crippen LogP contribution is -2.33. The Kier molecular flexibility index (Phi) is 3.93. The second kappa shape index (κ2) is 6.27. The highest BCUT2D eigenvalue weighted by Crippen LogP contribution is 2.30. The molecule has 1 aromatic carbocycles. The summed E-state index contributed by atoms with van der Waals surface area (Å²) >= 11 is 1.36. The van der Waals surface area contributed by atoms with Crippen LogP contribution in [-0.2, 0) is 0 Å². The summed E-state index contributed by atoms with van der Waals surface area (Å²) in [5, 5.41) is 2.25. The van der Waals surface area contributed by atoms with Gasteiger partial charge in [-0.15, -0.1) is 11.3 Å². The summed E-state index contributed by atoms with van der Waals surface area (Å²) in [7, 11) is 0. The van der Waals surface area contributed by atoms with Gasteiger partial charge in [-0.2, -0.15) is 0 Å². The Morgan fingerprint density at radius 2 is 2.08 bits per heavy atom. The van der Waals surface area contributed by atoms with Crippen molar-refractivity contribution in [3.05, 3.63) is 75.3 Å². The van der Waals surface area contributed by atoms with Gasteiger partial charge in [0.1, 0.15) is 16.9 Å². The summed E-state index contributed by atoms with van der Waals surface area (Å²) in [6.45, 7) is 3.92. The molecule has 130 valence electrons. The number of nitrogens with zero attached hydrogens (tertiary/aromatic N) is 2. The Balaban J connectivity index is 1.74. The number of furan rings is 1. The summed E-state index contributed by atoms with van der Waals surface area (Å²) in [5.74, 6) is 0.222. The fraction of sp³-hybridized carbons (Fsp3) is 0.105. The molecule has 3 aromatic heterocycles. The van der Waals surface area contributed by atoms with E-state index in [0.29, 0.717) is 27.1 Å².